The number of dihydropyridines is 1. The number of rotatable bonds is 5. The highest BCUT2D eigenvalue weighted by Crippen LogP contribution is 2.46. The molecule has 2 heterocycles. The Morgan fingerprint density at radius 3 is 2.62 bits per heavy atom. The molecule has 0 spiro atoms. The van der Waals surface area contributed by atoms with Gasteiger partial charge in [-0.05, 0) is 56.5 Å². The molecule has 7 nitrogen and oxygen atoms in total. The normalized spacial score (nSPS) is 18.1. The number of hydrogen-bond acceptors (Lipinski definition) is 6. The predicted molar refractivity (Wildman–Crippen MR) is 122 cm³/mol. The summed E-state index contributed by atoms with van der Waals surface area (Å²) in [6.45, 7) is 3.80. The number of aromatic nitrogens is 1. The zero-order valence-corrected chi connectivity index (χ0v) is 18.7. The van der Waals surface area contributed by atoms with Crippen LogP contribution in [0, 0.1) is 6.92 Å². The summed E-state index contributed by atoms with van der Waals surface area (Å²) in [5.74, 6) is 0.824. The number of hydrogen-bond donors (Lipinski definition) is 2. The van der Waals surface area contributed by atoms with Gasteiger partial charge in [-0.15, -0.1) is 0 Å². The van der Waals surface area contributed by atoms with Gasteiger partial charge < -0.3 is 20.1 Å². The number of methoxy groups -OCH3 is 2. The van der Waals surface area contributed by atoms with E-state index in [2.05, 4.69) is 15.6 Å². The summed E-state index contributed by atoms with van der Waals surface area (Å²) < 4.78 is 11.1. The number of carbonyl (C=O) groups is 2. The van der Waals surface area contributed by atoms with Crippen molar-refractivity contribution in [3.8, 4) is 11.5 Å². The minimum Gasteiger partial charge on any atom is -0.497 e. The van der Waals surface area contributed by atoms with E-state index < -0.39 is 5.92 Å². The number of anilines is 1. The first-order chi connectivity index (χ1) is 15.4. The molecule has 4 rings (SSSR count). The minimum absolute atomic E-state index is 0.0416. The van der Waals surface area contributed by atoms with E-state index in [1.165, 1.54) is 0 Å². The molecule has 1 aromatic heterocycles. The maximum atomic E-state index is 13.5. The second-order valence-corrected chi connectivity index (χ2v) is 8.05. The van der Waals surface area contributed by atoms with Crippen LogP contribution in [0.1, 0.15) is 43.2 Å². The van der Waals surface area contributed by atoms with Crippen LogP contribution >= 0.6 is 0 Å². The van der Waals surface area contributed by atoms with Gasteiger partial charge in [0.1, 0.15) is 17.3 Å². The van der Waals surface area contributed by atoms with Gasteiger partial charge >= 0.3 is 0 Å². The molecule has 1 aliphatic heterocycles. The van der Waals surface area contributed by atoms with E-state index in [4.69, 9.17) is 9.47 Å². The molecule has 0 saturated heterocycles. The maximum absolute atomic E-state index is 13.5. The quantitative estimate of drug-likeness (QED) is 0.741. The summed E-state index contributed by atoms with van der Waals surface area (Å²) in [6, 6.07) is 9.09. The molecule has 2 aliphatic rings. The van der Waals surface area contributed by atoms with Crippen molar-refractivity contribution in [3.63, 3.8) is 0 Å². The third-order valence-electron chi connectivity index (χ3n) is 5.92. The molecule has 1 atom stereocenters. The number of benzene rings is 1. The first kappa shape index (κ1) is 21.6. The van der Waals surface area contributed by atoms with Crippen molar-refractivity contribution < 1.29 is 19.1 Å². The molecule has 166 valence electrons. The lowest BCUT2D eigenvalue weighted by atomic mass is 9.74. The number of carbonyl (C=O) groups excluding carboxylic acids is 2. The summed E-state index contributed by atoms with van der Waals surface area (Å²) in [4.78, 5) is 30.9. The first-order valence-electron chi connectivity index (χ1n) is 10.6. The average Bonchev–Trinajstić information content (AvgIpc) is 2.79. The van der Waals surface area contributed by atoms with Gasteiger partial charge in [-0.2, -0.15) is 0 Å². The monoisotopic (exact) mass is 433 g/mol. The van der Waals surface area contributed by atoms with Crippen LogP contribution < -0.4 is 20.1 Å². The highest BCUT2D eigenvalue weighted by Gasteiger charge is 2.40. The van der Waals surface area contributed by atoms with Gasteiger partial charge in [0.25, 0.3) is 5.91 Å². The van der Waals surface area contributed by atoms with E-state index in [-0.39, 0.29) is 11.7 Å². The summed E-state index contributed by atoms with van der Waals surface area (Å²) in [6.07, 6.45) is 3.70. The van der Waals surface area contributed by atoms with Gasteiger partial charge in [0.2, 0.25) is 0 Å². The number of pyridine rings is 1. The number of amides is 1. The van der Waals surface area contributed by atoms with E-state index >= 15 is 0 Å². The fraction of sp³-hybridized carbons (Fsp3) is 0.320. The fourth-order valence-corrected chi connectivity index (χ4v) is 4.39. The van der Waals surface area contributed by atoms with Crippen LogP contribution in [0.15, 0.2) is 59.1 Å². The molecule has 2 N–H and O–H groups in total. The summed E-state index contributed by atoms with van der Waals surface area (Å²) in [5, 5.41) is 6.22. The Kier molecular flexibility index (Phi) is 5.99. The lowest BCUT2D eigenvalue weighted by molar-refractivity contribution is -0.116. The second kappa shape index (κ2) is 8.86. The van der Waals surface area contributed by atoms with E-state index in [9.17, 15) is 9.59 Å². The third-order valence-corrected chi connectivity index (χ3v) is 5.92. The van der Waals surface area contributed by atoms with Crippen molar-refractivity contribution in [2.45, 2.75) is 39.0 Å². The SMILES string of the molecule is COc1ccc(OC)c(C2C(C(=O)Nc3ccc(C)cn3)=C(C)NC3=C2C(=O)CCC3)c1. The van der Waals surface area contributed by atoms with E-state index in [0.717, 1.165) is 29.7 Å². The van der Waals surface area contributed by atoms with Gasteiger partial charge in [-0.3, -0.25) is 9.59 Å². The molecule has 1 aromatic carbocycles. The molecule has 1 unspecified atom stereocenters. The maximum Gasteiger partial charge on any atom is 0.255 e. The zero-order valence-electron chi connectivity index (χ0n) is 18.7. The molecule has 2 aromatic rings. The Balaban J connectivity index is 1.85. The number of nitrogens with zero attached hydrogens (tertiary/aromatic N) is 1. The van der Waals surface area contributed by atoms with Crippen LogP contribution in [0.25, 0.3) is 0 Å². The highest BCUT2D eigenvalue weighted by atomic mass is 16.5. The molecule has 7 heteroatoms. The van der Waals surface area contributed by atoms with Crippen LogP contribution in [-0.4, -0.2) is 30.9 Å². The molecule has 32 heavy (non-hydrogen) atoms. The molecule has 1 aliphatic carbocycles. The smallest absolute Gasteiger partial charge is 0.255 e. The molecule has 1 amide bonds. The molecule has 0 radical (unpaired) electrons. The van der Waals surface area contributed by atoms with Gasteiger partial charge in [-0.1, -0.05) is 6.07 Å². The molecular weight excluding hydrogens is 406 g/mol. The van der Waals surface area contributed by atoms with Crippen molar-refractivity contribution in [3.05, 3.63) is 70.2 Å². The predicted octanol–water partition coefficient (Wildman–Crippen LogP) is 4.01. The highest BCUT2D eigenvalue weighted by molar-refractivity contribution is 6.09. The molecular formula is C25H27N3O4. The number of aryl methyl sites for hydroxylation is 1. The van der Waals surface area contributed by atoms with Crippen LogP contribution in [0.3, 0.4) is 0 Å². The summed E-state index contributed by atoms with van der Waals surface area (Å²) >= 11 is 0. The second-order valence-electron chi connectivity index (χ2n) is 8.05. The topological polar surface area (TPSA) is 89.6 Å². The molecule has 0 saturated carbocycles. The zero-order chi connectivity index (χ0) is 22.8. The Morgan fingerprint density at radius 1 is 1.12 bits per heavy atom. The van der Waals surface area contributed by atoms with Crippen molar-refractivity contribution in [1.82, 2.24) is 10.3 Å². The third kappa shape index (κ3) is 3.98. The van der Waals surface area contributed by atoms with Crippen LogP contribution in [0.4, 0.5) is 5.82 Å². The number of Topliss-reactive ketones (excluding diaryl/α,β-unsaturated/α-hetero) is 1. The molecule has 0 bridgehead atoms. The van der Waals surface area contributed by atoms with Gasteiger partial charge in [0.15, 0.2) is 5.78 Å². The Bertz CT molecular complexity index is 1130. The van der Waals surface area contributed by atoms with Crippen LogP contribution in [-0.2, 0) is 9.59 Å². The summed E-state index contributed by atoms with van der Waals surface area (Å²) in [5.41, 5.74) is 4.39. The average molecular weight is 434 g/mol. The number of ether oxygens (including phenoxy) is 2. The van der Waals surface area contributed by atoms with E-state index in [1.807, 2.05) is 26.0 Å². The number of nitrogens with one attached hydrogen (secondary N) is 2. The summed E-state index contributed by atoms with van der Waals surface area (Å²) in [7, 11) is 3.17. The van der Waals surface area contributed by atoms with Crippen molar-refractivity contribution in [2.75, 3.05) is 19.5 Å². The van der Waals surface area contributed by atoms with Gasteiger partial charge in [-0.25, -0.2) is 4.98 Å². The number of ketones is 1. The largest absolute Gasteiger partial charge is 0.497 e. The van der Waals surface area contributed by atoms with E-state index in [1.54, 1.807) is 38.6 Å². The Hall–Kier alpha value is -3.61. The fourth-order valence-electron chi connectivity index (χ4n) is 4.39. The van der Waals surface area contributed by atoms with Crippen LogP contribution in [0.5, 0.6) is 11.5 Å². The Labute approximate surface area is 187 Å². The van der Waals surface area contributed by atoms with Crippen LogP contribution in [0.2, 0.25) is 0 Å². The minimum atomic E-state index is -0.574. The number of allylic oxidation sites excluding steroid dienone is 3. The lowest BCUT2D eigenvalue weighted by Crippen LogP contribution is -2.35. The molecule has 0 fully saturated rings. The van der Waals surface area contributed by atoms with Gasteiger partial charge in [0.05, 0.1) is 20.1 Å². The first-order valence-corrected chi connectivity index (χ1v) is 10.6. The van der Waals surface area contributed by atoms with Gasteiger partial charge in [0, 0.05) is 40.7 Å². The standard InChI is InChI=1S/C25H27N3O4/c1-14-8-11-21(26-13-14)28-25(30)22-15(2)27-18-6-5-7-19(29)24(18)23(22)17-12-16(31-3)9-10-20(17)32-4/h8-13,23,27H,5-7H2,1-4H3,(H,26,28,30). The lowest BCUT2D eigenvalue weighted by Gasteiger charge is -2.35. The van der Waals surface area contributed by atoms with Crippen molar-refractivity contribution in [2.24, 2.45) is 0 Å². The van der Waals surface area contributed by atoms with Crippen molar-refractivity contribution in [1.29, 1.82) is 0 Å². The Morgan fingerprint density at radius 2 is 1.94 bits per heavy atom. The van der Waals surface area contributed by atoms with Crippen molar-refractivity contribution >= 4 is 17.5 Å². The van der Waals surface area contributed by atoms with E-state index in [0.29, 0.717) is 40.6 Å².